The first-order chi connectivity index (χ1) is 9.93. The van der Waals surface area contributed by atoms with Gasteiger partial charge in [0, 0.05) is 23.2 Å². The zero-order valence-electron chi connectivity index (χ0n) is 13.7. The van der Waals surface area contributed by atoms with Crippen LogP contribution in [0.3, 0.4) is 0 Å². The molecule has 2 unspecified atom stereocenters. The van der Waals surface area contributed by atoms with Crippen molar-refractivity contribution in [3.63, 3.8) is 0 Å². The van der Waals surface area contributed by atoms with E-state index in [9.17, 15) is 0 Å². The molecule has 0 aliphatic heterocycles. The van der Waals surface area contributed by atoms with E-state index in [0.29, 0.717) is 0 Å². The molecule has 4 nitrogen and oxygen atoms in total. The van der Waals surface area contributed by atoms with Crippen LogP contribution in [0, 0.1) is 20.8 Å². The topological polar surface area (TPSA) is 47.3 Å². The number of nitrogens with one attached hydrogen (secondary N) is 1. The molecule has 1 aromatic carbocycles. The molecule has 0 amide bonds. The van der Waals surface area contributed by atoms with Crippen molar-refractivity contribution >= 4 is 0 Å². The highest BCUT2D eigenvalue weighted by Gasteiger charge is 2.20. The highest BCUT2D eigenvalue weighted by atomic mass is 16.5. The Morgan fingerprint density at radius 2 is 1.86 bits per heavy atom. The Kier molecular flexibility index (Phi) is 4.68. The molecule has 0 radical (unpaired) electrons. The lowest BCUT2D eigenvalue weighted by molar-refractivity contribution is 0.386. The normalized spacial score (nSPS) is 14.0. The van der Waals surface area contributed by atoms with Crippen molar-refractivity contribution in [3.8, 4) is 5.75 Å². The number of methoxy groups -OCH3 is 1. The van der Waals surface area contributed by atoms with Gasteiger partial charge in [0.1, 0.15) is 11.5 Å². The standard InChI is InChI=1S/C17H24N2O2/c1-10-7-8-15(16(9-10)20-6)11(2)18-12(3)17-13(4)19-21-14(17)5/h7-9,11-12,18H,1-6H3. The van der Waals surface area contributed by atoms with Gasteiger partial charge in [-0.1, -0.05) is 17.3 Å². The van der Waals surface area contributed by atoms with Gasteiger partial charge in [-0.25, -0.2) is 0 Å². The van der Waals surface area contributed by atoms with E-state index in [0.717, 1.165) is 28.3 Å². The van der Waals surface area contributed by atoms with Gasteiger partial charge in [0.25, 0.3) is 0 Å². The van der Waals surface area contributed by atoms with E-state index < -0.39 is 0 Å². The minimum Gasteiger partial charge on any atom is -0.496 e. The Labute approximate surface area is 126 Å². The van der Waals surface area contributed by atoms with Gasteiger partial charge >= 0.3 is 0 Å². The van der Waals surface area contributed by atoms with E-state index in [1.807, 2.05) is 13.8 Å². The lowest BCUT2D eigenvalue weighted by Gasteiger charge is -2.22. The Hall–Kier alpha value is -1.81. The molecule has 0 spiro atoms. The Morgan fingerprint density at radius 3 is 2.43 bits per heavy atom. The van der Waals surface area contributed by atoms with E-state index in [1.165, 1.54) is 5.56 Å². The molecular weight excluding hydrogens is 264 g/mol. The quantitative estimate of drug-likeness (QED) is 0.902. The second-order valence-corrected chi connectivity index (χ2v) is 5.59. The maximum absolute atomic E-state index is 5.50. The number of ether oxygens (including phenoxy) is 1. The predicted octanol–water partition coefficient (Wildman–Crippen LogP) is 4.02. The largest absolute Gasteiger partial charge is 0.496 e. The fourth-order valence-corrected chi connectivity index (χ4v) is 2.83. The number of aryl methyl sites for hydroxylation is 3. The molecule has 0 fully saturated rings. The van der Waals surface area contributed by atoms with E-state index in [-0.39, 0.29) is 12.1 Å². The van der Waals surface area contributed by atoms with Crippen LogP contribution in [0.1, 0.15) is 54.1 Å². The van der Waals surface area contributed by atoms with Crippen molar-refractivity contribution in [2.45, 2.75) is 46.7 Å². The van der Waals surface area contributed by atoms with Crippen molar-refractivity contribution in [1.29, 1.82) is 0 Å². The molecule has 21 heavy (non-hydrogen) atoms. The summed E-state index contributed by atoms with van der Waals surface area (Å²) < 4.78 is 10.7. The molecule has 2 rings (SSSR count). The predicted molar refractivity (Wildman–Crippen MR) is 83.7 cm³/mol. The fourth-order valence-electron chi connectivity index (χ4n) is 2.83. The summed E-state index contributed by atoms with van der Waals surface area (Å²) in [5.41, 5.74) is 4.42. The molecule has 0 aliphatic rings. The summed E-state index contributed by atoms with van der Waals surface area (Å²) in [5, 5.41) is 7.62. The first-order valence-electron chi connectivity index (χ1n) is 7.27. The van der Waals surface area contributed by atoms with Crippen LogP contribution in [0.4, 0.5) is 0 Å². The van der Waals surface area contributed by atoms with E-state index >= 15 is 0 Å². The summed E-state index contributed by atoms with van der Waals surface area (Å²) in [4.78, 5) is 0. The van der Waals surface area contributed by atoms with Gasteiger partial charge in [0.05, 0.1) is 12.8 Å². The van der Waals surface area contributed by atoms with Crippen LogP contribution in [0.15, 0.2) is 22.7 Å². The SMILES string of the molecule is COc1cc(C)ccc1C(C)NC(C)c1c(C)noc1C. The van der Waals surface area contributed by atoms with E-state index in [2.05, 4.69) is 49.4 Å². The summed E-state index contributed by atoms with van der Waals surface area (Å²) in [6.45, 7) is 10.3. The van der Waals surface area contributed by atoms with E-state index in [4.69, 9.17) is 9.26 Å². The molecule has 0 aliphatic carbocycles. The maximum Gasteiger partial charge on any atom is 0.138 e. The molecule has 0 bridgehead atoms. The van der Waals surface area contributed by atoms with Crippen LogP contribution in [0.2, 0.25) is 0 Å². The van der Waals surface area contributed by atoms with Crippen LogP contribution in [-0.4, -0.2) is 12.3 Å². The molecule has 1 heterocycles. The minimum absolute atomic E-state index is 0.164. The summed E-state index contributed by atoms with van der Waals surface area (Å²) in [6, 6.07) is 6.62. The molecule has 4 heteroatoms. The Bertz CT molecular complexity index is 600. The zero-order valence-corrected chi connectivity index (χ0v) is 13.7. The molecule has 2 aromatic rings. The number of nitrogens with zero attached hydrogens (tertiary/aromatic N) is 1. The third kappa shape index (κ3) is 3.27. The highest BCUT2D eigenvalue weighted by Crippen LogP contribution is 2.29. The Balaban J connectivity index is 2.20. The molecule has 1 aromatic heterocycles. The van der Waals surface area contributed by atoms with Crippen LogP contribution in [-0.2, 0) is 0 Å². The summed E-state index contributed by atoms with van der Waals surface area (Å²) >= 11 is 0. The van der Waals surface area contributed by atoms with Gasteiger partial charge in [-0.3, -0.25) is 0 Å². The number of aromatic nitrogens is 1. The lowest BCUT2D eigenvalue weighted by atomic mass is 10.0. The van der Waals surface area contributed by atoms with Gasteiger partial charge in [-0.05, 0) is 46.2 Å². The number of rotatable bonds is 5. The molecule has 0 saturated carbocycles. The number of hydrogen-bond donors (Lipinski definition) is 1. The number of benzene rings is 1. The van der Waals surface area contributed by atoms with Crippen molar-refractivity contribution in [2.24, 2.45) is 0 Å². The molecule has 1 N–H and O–H groups in total. The average molecular weight is 288 g/mol. The van der Waals surface area contributed by atoms with Crippen LogP contribution < -0.4 is 10.1 Å². The second-order valence-electron chi connectivity index (χ2n) is 5.59. The number of hydrogen-bond acceptors (Lipinski definition) is 4. The third-order valence-corrected chi connectivity index (χ3v) is 3.88. The molecular formula is C17H24N2O2. The van der Waals surface area contributed by atoms with Crippen molar-refractivity contribution in [1.82, 2.24) is 10.5 Å². The molecule has 0 saturated heterocycles. The van der Waals surface area contributed by atoms with E-state index in [1.54, 1.807) is 7.11 Å². The first kappa shape index (κ1) is 15.6. The summed E-state index contributed by atoms with van der Waals surface area (Å²) in [6.07, 6.45) is 0. The van der Waals surface area contributed by atoms with Gasteiger partial charge in [0.2, 0.25) is 0 Å². The highest BCUT2D eigenvalue weighted by molar-refractivity contribution is 5.39. The lowest BCUT2D eigenvalue weighted by Crippen LogP contribution is -2.23. The van der Waals surface area contributed by atoms with Crippen molar-refractivity contribution < 1.29 is 9.26 Å². The van der Waals surface area contributed by atoms with Gasteiger partial charge in [-0.15, -0.1) is 0 Å². The van der Waals surface area contributed by atoms with Crippen molar-refractivity contribution in [3.05, 3.63) is 46.3 Å². The smallest absolute Gasteiger partial charge is 0.138 e. The average Bonchev–Trinajstić information content (AvgIpc) is 2.77. The summed E-state index contributed by atoms with van der Waals surface area (Å²) in [7, 11) is 1.71. The van der Waals surface area contributed by atoms with Crippen LogP contribution >= 0.6 is 0 Å². The first-order valence-corrected chi connectivity index (χ1v) is 7.27. The van der Waals surface area contributed by atoms with Crippen LogP contribution in [0.5, 0.6) is 5.75 Å². The maximum atomic E-state index is 5.50. The van der Waals surface area contributed by atoms with Gasteiger partial charge in [0.15, 0.2) is 0 Å². The van der Waals surface area contributed by atoms with Gasteiger partial charge < -0.3 is 14.6 Å². The van der Waals surface area contributed by atoms with Gasteiger partial charge in [-0.2, -0.15) is 0 Å². The Morgan fingerprint density at radius 1 is 1.14 bits per heavy atom. The van der Waals surface area contributed by atoms with Crippen molar-refractivity contribution in [2.75, 3.05) is 7.11 Å². The third-order valence-electron chi connectivity index (χ3n) is 3.88. The molecule has 114 valence electrons. The summed E-state index contributed by atoms with van der Waals surface area (Å²) in [5.74, 6) is 1.79. The van der Waals surface area contributed by atoms with Crippen LogP contribution in [0.25, 0.3) is 0 Å². The minimum atomic E-state index is 0.164. The monoisotopic (exact) mass is 288 g/mol. The second kappa shape index (κ2) is 6.31. The zero-order chi connectivity index (χ0) is 15.6. The fraction of sp³-hybridized carbons (Fsp3) is 0.471. The molecule has 2 atom stereocenters.